The normalized spacial score (nSPS) is 10.6. The third-order valence-corrected chi connectivity index (χ3v) is 3.08. The number of hydrogen-bond acceptors (Lipinski definition) is 4. The quantitative estimate of drug-likeness (QED) is 0.818. The molecule has 0 bridgehead atoms. The zero-order valence-corrected chi connectivity index (χ0v) is 9.98. The van der Waals surface area contributed by atoms with Crippen molar-refractivity contribution in [3.63, 3.8) is 0 Å². The van der Waals surface area contributed by atoms with E-state index in [4.69, 9.17) is 17.3 Å². The average Bonchev–Trinajstić information content (AvgIpc) is 2.75. The van der Waals surface area contributed by atoms with E-state index in [9.17, 15) is 4.79 Å². The molecule has 6 heteroatoms. The summed E-state index contributed by atoms with van der Waals surface area (Å²) < 4.78 is 1.89. The van der Waals surface area contributed by atoms with Crippen LogP contribution in [0.15, 0.2) is 27.7 Å². The number of hydrogen-bond donors (Lipinski definition) is 2. The smallest absolute Gasteiger partial charge is 0.327 e. The maximum Gasteiger partial charge on any atom is 0.327 e. The van der Waals surface area contributed by atoms with Crippen LogP contribution < -0.4 is 5.69 Å². The van der Waals surface area contributed by atoms with Gasteiger partial charge in [0, 0.05) is 10.9 Å². The van der Waals surface area contributed by atoms with Crippen LogP contribution in [-0.2, 0) is 6.54 Å². The lowest BCUT2D eigenvalue weighted by Crippen LogP contribution is -2.25. The lowest BCUT2D eigenvalue weighted by Gasteiger charge is -2.09. The highest BCUT2D eigenvalue weighted by Gasteiger charge is 2.06. The van der Waals surface area contributed by atoms with Gasteiger partial charge in [0.1, 0.15) is 4.64 Å². The minimum atomic E-state index is -0.289. The third kappa shape index (κ3) is 2.13. The lowest BCUT2D eigenvalue weighted by atomic mass is 10.2. The number of nitrogens with one attached hydrogen (secondary N) is 1. The van der Waals surface area contributed by atoms with Crippen LogP contribution in [0.2, 0.25) is 0 Å². The largest absolute Gasteiger partial charge is 0.395 e. The van der Waals surface area contributed by atoms with Gasteiger partial charge in [0.2, 0.25) is 0 Å². The monoisotopic (exact) mass is 254 g/mol. The molecule has 2 N–H and O–H groups in total. The van der Waals surface area contributed by atoms with Gasteiger partial charge in [0.15, 0.2) is 0 Å². The van der Waals surface area contributed by atoms with Gasteiger partial charge in [-0.15, -0.1) is 0 Å². The Labute approximate surface area is 101 Å². The number of rotatable bonds is 3. The Balaban J connectivity index is 2.67. The molecule has 0 aromatic carbocycles. The van der Waals surface area contributed by atoms with Crippen molar-refractivity contribution in [2.75, 3.05) is 6.61 Å². The summed E-state index contributed by atoms with van der Waals surface area (Å²) in [5.41, 5.74) is 1.39. The molecular formula is C10H10N2O2S2. The lowest BCUT2D eigenvalue weighted by molar-refractivity contribution is 0.274. The Morgan fingerprint density at radius 3 is 3.00 bits per heavy atom. The van der Waals surface area contributed by atoms with Gasteiger partial charge < -0.3 is 5.11 Å². The fourth-order valence-electron chi connectivity index (χ4n) is 1.49. The Kier molecular flexibility index (Phi) is 3.33. The number of aromatic amines is 1. The van der Waals surface area contributed by atoms with Crippen molar-refractivity contribution in [3.05, 3.63) is 38.0 Å². The second kappa shape index (κ2) is 4.73. The van der Waals surface area contributed by atoms with Crippen LogP contribution in [0.4, 0.5) is 0 Å². The Morgan fingerprint density at radius 1 is 1.56 bits per heavy atom. The van der Waals surface area contributed by atoms with Gasteiger partial charge in [-0.3, -0.25) is 9.55 Å². The van der Waals surface area contributed by atoms with Gasteiger partial charge >= 0.3 is 5.69 Å². The minimum Gasteiger partial charge on any atom is -0.395 e. The molecule has 0 radical (unpaired) electrons. The van der Waals surface area contributed by atoms with Crippen LogP contribution in [0.3, 0.4) is 0 Å². The Bertz CT molecular complexity index is 584. The maximum absolute atomic E-state index is 11.7. The topological polar surface area (TPSA) is 58.0 Å². The number of aliphatic hydroxyl groups excluding tert-OH is 1. The van der Waals surface area contributed by atoms with E-state index < -0.39 is 0 Å². The van der Waals surface area contributed by atoms with Gasteiger partial charge in [-0.25, -0.2) is 4.79 Å². The fraction of sp³-hybridized carbons (Fsp3) is 0.200. The summed E-state index contributed by atoms with van der Waals surface area (Å²) in [6.07, 6.45) is 0. The molecule has 0 aliphatic rings. The molecule has 16 heavy (non-hydrogen) atoms. The Morgan fingerprint density at radius 2 is 2.38 bits per heavy atom. The average molecular weight is 254 g/mol. The van der Waals surface area contributed by atoms with Crippen LogP contribution >= 0.6 is 23.6 Å². The molecule has 2 aromatic heterocycles. The van der Waals surface area contributed by atoms with E-state index in [-0.39, 0.29) is 18.8 Å². The van der Waals surface area contributed by atoms with Crippen molar-refractivity contribution < 1.29 is 5.11 Å². The van der Waals surface area contributed by atoms with E-state index in [2.05, 4.69) is 4.98 Å². The van der Waals surface area contributed by atoms with Crippen molar-refractivity contribution in [2.24, 2.45) is 0 Å². The molecule has 4 nitrogen and oxygen atoms in total. The van der Waals surface area contributed by atoms with E-state index >= 15 is 0 Å². The molecule has 2 rings (SSSR count). The van der Waals surface area contributed by atoms with E-state index in [0.29, 0.717) is 4.64 Å². The number of thiophene rings is 1. The zero-order chi connectivity index (χ0) is 11.5. The van der Waals surface area contributed by atoms with E-state index in [1.165, 1.54) is 4.57 Å². The molecule has 0 spiro atoms. The first kappa shape index (κ1) is 11.3. The van der Waals surface area contributed by atoms with Crippen LogP contribution in [0, 0.1) is 4.64 Å². The highest BCUT2D eigenvalue weighted by atomic mass is 32.1. The van der Waals surface area contributed by atoms with Gasteiger partial charge in [-0.05, 0) is 17.5 Å². The van der Waals surface area contributed by atoms with Gasteiger partial charge in [0.05, 0.1) is 18.8 Å². The first-order valence-corrected chi connectivity index (χ1v) is 6.05. The van der Waals surface area contributed by atoms with Gasteiger partial charge in [-0.1, -0.05) is 12.2 Å². The summed E-state index contributed by atoms with van der Waals surface area (Å²) in [7, 11) is 0. The summed E-state index contributed by atoms with van der Waals surface area (Å²) >= 11 is 6.53. The van der Waals surface area contributed by atoms with E-state index in [1.54, 1.807) is 17.4 Å². The molecule has 0 aliphatic carbocycles. The summed E-state index contributed by atoms with van der Waals surface area (Å²) in [5.74, 6) is 0. The summed E-state index contributed by atoms with van der Waals surface area (Å²) in [4.78, 5) is 14.2. The molecule has 84 valence electrons. The maximum atomic E-state index is 11.7. The first-order valence-electron chi connectivity index (χ1n) is 4.70. The highest BCUT2D eigenvalue weighted by Crippen LogP contribution is 2.20. The SMILES string of the molecule is O=c1[nH]c(=S)cc(-c2ccsc2)n1CCO. The zero-order valence-electron chi connectivity index (χ0n) is 8.34. The minimum absolute atomic E-state index is 0.0817. The number of aromatic nitrogens is 2. The first-order chi connectivity index (χ1) is 7.72. The number of nitrogens with zero attached hydrogens (tertiary/aromatic N) is 1. The predicted molar refractivity (Wildman–Crippen MR) is 66.3 cm³/mol. The molecule has 0 aliphatic heterocycles. The standard InChI is InChI=1S/C10H10N2O2S2/c13-3-2-12-8(7-1-4-16-6-7)5-9(15)11-10(12)14/h1,4-6,13H,2-3H2,(H,11,14,15). The van der Waals surface area contributed by atoms with Crippen LogP contribution in [0.1, 0.15) is 0 Å². The molecule has 0 saturated heterocycles. The molecule has 0 unspecified atom stereocenters. The molecular weight excluding hydrogens is 244 g/mol. The summed E-state index contributed by atoms with van der Waals surface area (Å²) in [6.45, 7) is 0.178. The van der Waals surface area contributed by atoms with Gasteiger partial charge in [0.25, 0.3) is 0 Å². The second-order valence-corrected chi connectivity index (χ2v) is 4.43. The molecule has 0 atom stereocenters. The summed E-state index contributed by atoms with van der Waals surface area (Å²) in [6, 6.07) is 3.65. The van der Waals surface area contributed by atoms with Crippen molar-refractivity contribution in [1.29, 1.82) is 0 Å². The van der Waals surface area contributed by atoms with Crippen molar-refractivity contribution in [1.82, 2.24) is 9.55 Å². The highest BCUT2D eigenvalue weighted by molar-refractivity contribution is 7.71. The second-order valence-electron chi connectivity index (χ2n) is 3.21. The van der Waals surface area contributed by atoms with Crippen LogP contribution in [-0.4, -0.2) is 21.3 Å². The van der Waals surface area contributed by atoms with Crippen LogP contribution in [0.25, 0.3) is 11.3 Å². The summed E-state index contributed by atoms with van der Waals surface area (Å²) in [5, 5.41) is 12.8. The molecule has 0 amide bonds. The fourth-order valence-corrected chi connectivity index (χ4v) is 2.34. The number of H-pyrrole nitrogens is 1. The third-order valence-electron chi connectivity index (χ3n) is 2.17. The molecule has 0 fully saturated rings. The Hall–Kier alpha value is -1.24. The van der Waals surface area contributed by atoms with Crippen molar-refractivity contribution in [3.8, 4) is 11.3 Å². The number of aliphatic hydroxyl groups is 1. The molecule has 0 saturated carbocycles. The molecule has 2 heterocycles. The van der Waals surface area contributed by atoms with Gasteiger partial charge in [-0.2, -0.15) is 11.3 Å². The van der Waals surface area contributed by atoms with Crippen molar-refractivity contribution >= 4 is 23.6 Å². The van der Waals surface area contributed by atoms with E-state index in [0.717, 1.165) is 11.3 Å². The van der Waals surface area contributed by atoms with Crippen molar-refractivity contribution in [2.45, 2.75) is 6.54 Å². The molecule has 2 aromatic rings. The van der Waals surface area contributed by atoms with Crippen LogP contribution in [0.5, 0.6) is 0 Å². The predicted octanol–water partition coefficient (Wildman–Crippen LogP) is 1.63. The van der Waals surface area contributed by atoms with E-state index in [1.807, 2.05) is 16.8 Å².